The Morgan fingerprint density at radius 2 is 1.23 bits per heavy atom. The van der Waals surface area contributed by atoms with Gasteiger partial charge in [-0.15, -0.1) is 0 Å². The predicted octanol–water partition coefficient (Wildman–Crippen LogP) is 6.51. The van der Waals surface area contributed by atoms with Crippen LogP contribution in [0, 0.1) is 0 Å². The topological polar surface area (TPSA) is 53.4 Å². The second kappa shape index (κ2) is 7.55. The fraction of sp³-hybridized carbons (Fsp3) is 0.0417. The molecule has 0 atom stereocenters. The number of aromatic nitrogens is 1. The molecule has 0 fully saturated rings. The highest BCUT2D eigenvalue weighted by Crippen LogP contribution is 2.40. The predicted molar refractivity (Wildman–Crippen MR) is 109 cm³/mol. The first-order valence-electron chi connectivity index (χ1n) is 9.09. The number of phenols is 2. The van der Waals surface area contributed by atoms with Crippen LogP contribution in [0.5, 0.6) is 11.5 Å². The van der Waals surface area contributed by atoms with Crippen LogP contribution in [0.25, 0.3) is 33.6 Å². The number of alkyl halides is 3. The quantitative estimate of drug-likeness (QED) is 0.407. The van der Waals surface area contributed by atoms with Crippen LogP contribution in [-0.4, -0.2) is 15.2 Å². The Balaban J connectivity index is 1.98. The maximum absolute atomic E-state index is 13.6. The molecule has 0 saturated heterocycles. The van der Waals surface area contributed by atoms with Crippen molar-refractivity contribution in [1.29, 1.82) is 0 Å². The van der Waals surface area contributed by atoms with E-state index in [0.29, 0.717) is 28.1 Å². The largest absolute Gasteiger partial charge is 0.508 e. The summed E-state index contributed by atoms with van der Waals surface area (Å²) in [4.78, 5) is 4.56. The van der Waals surface area contributed by atoms with Crippen molar-refractivity contribution in [3.63, 3.8) is 0 Å². The molecule has 3 nitrogen and oxygen atoms in total. The van der Waals surface area contributed by atoms with Crippen LogP contribution in [0.4, 0.5) is 13.2 Å². The van der Waals surface area contributed by atoms with Gasteiger partial charge in [0.25, 0.3) is 0 Å². The number of pyridine rings is 1. The average Bonchev–Trinajstić information content (AvgIpc) is 2.74. The molecule has 0 amide bonds. The van der Waals surface area contributed by atoms with Gasteiger partial charge in [0.05, 0.1) is 17.0 Å². The number of nitrogens with zero attached hydrogens (tertiary/aromatic N) is 1. The Morgan fingerprint density at radius 3 is 1.90 bits per heavy atom. The van der Waals surface area contributed by atoms with Gasteiger partial charge in [-0.1, -0.05) is 30.3 Å². The smallest absolute Gasteiger partial charge is 0.417 e. The second-order valence-corrected chi connectivity index (χ2v) is 6.73. The van der Waals surface area contributed by atoms with Gasteiger partial charge < -0.3 is 10.2 Å². The lowest BCUT2D eigenvalue weighted by atomic mass is 9.96. The maximum atomic E-state index is 13.6. The van der Waals surface area contributed by atoms with Crippen molar-refractivity contribution in [1.82, 2.24) is 4.98 Å². The van der Waals surface area contributed by atoms with Gasteiger partial charge in [-0.25, -0.2) is 4.98 Å². The van der Waals surface area contributed by atoms with Crippen molar-refractivity contribution in [3.05, 3.63) is 90.5 Å². The minimum absolute atomic E-state index is 0.0177. The van der Waals surface area contributed by atoms with Crippen molar-refractivity contribution in [2.75, 3.05) is 0 Å². The first-order chi connectivity index (χ1) is 14.3. The van der Waals surface area contributed by atoms with Gasteiger partial charge in [-0.05, 0) is 65.7 Å². The summed E-state index contributed by atoms with van der Waals surface area (Å²) in [6.45, 7) is 0. The normalized spacial score (nSPS) is 11.4. The highest BCUT2D eigenvalue weighted by molar-refractivity contribution is 5.79. The van der Waals surface area contributed by atoms with E-state index in [1.165, 1.54) is 36.4 Å². The molecule has 0 aliphatic heterocycles. The summed E-state index contributed by atoms with van der Waals surface area (Å²) in [5.41, 5.74) is 1.37. The van der Waals surface area contributed by atoms with E-state index in [9.17, 15) is 23.4 Å². The van der Waals surface area contributed by atoms with Gasteiger partial charge in [-0.2, -0.15) is 13.2 Å². The summed E-state index contributed by atoms with van der Waals surface area (Å²) < 4.78 is 40.8. The van der Waals surface area contributed by atoms with Crippen LogP contribution in [0.15, 0.2) is 84.9 Å². The van der Waals surface area contributed by atoms with E-state index in [4.69, 9.17) is 0 Å². The molecule has 4 rings (SSSR count). The fourth-order valence-corrected chi connectivity index (χ4v) is 3.28. The summed E-state index contributed by atoms with van der Waals surface area (Å²) >= 11 is 0. The minimum Gasteiger partial charge on any atom is -0.508 e. The van der Waals surface area contributed by atoms with E-state index in [0.717, 1.165) is 6.07 Å². The third kappa shape index (κ3) is 3.85. The highest BCUT2D eigenvalue weighted by atomic mass is 19.4. The van der Waals surface area contributed by atoms with Gasteiger partial charge in [0.2, 0.25) is 0 Å². The molecule has 0 aliphatic rings. The number of rotatable bonds is 3. The number of halogens is 3. The minimum atomic E-state index is -4.52. The van der Waals surface area contributed by atoms with Gasteiger partial charge in [-0.3, -0.25) is 0 Å². The Morgan fingerprint density at radius 1 is 0.633 bits per heavy atom. The molecule has 0 aliphatic carbocycles. The van der Waals surface area contributed by atoms with Gasteiger partial charge >= 0.3 is 6.18 Å². The molecule has 4 aromatic rings. The molecule has 0 spiro atoms. The third-order valence-electron chi connectivity index (χ3n) is 4.71. The monoisotopic (exact) mass is 407 g/mol. The molecule has 3 aromatic carbocycles. The summed E-state index contributed by atoms with van der Waals surface area (Å²) in [7, 11) is 0. The fourth-order valence-electron chi connectivity index (χ4n) is 3.28. The van der Waals surface area contributed by atoms with E-state index < -0.39 is 11.7 Å². The standard InChI is InChI=1S/C24H16F3NO2/c25-24(26,27)20-7-3-1-5-18(20)16-13-21(15-9-11-17(29)12-10-15)28-22(14-16)19-6-2-4-8-23(19)30/h1-14,29-30H. The van der Waals surface area contributed by atoms with Crippen molar-refractivity contribution < 1.29 is 23.4 Å². The first kappa shape index (κ1) is 19.5. The Kier molecular flexibility index (Phi) is 4.91. The Hall–Kier alpha value is -3.80. The van der Waals surface area contributed by atoms with Gasteiger partial charge in [0.15, 0.2) is 0 Å². The third-order valence-corrected chi connectivity index (χ3v) is 4.71. The van der Waals surface area contributed by atoms with E-state index in [2.05, 4.69) is 4.98 Å². The van der Waals surface area contributed by atoms with E-state index in [-0.39, 0.29) is 17.1 Å². The molecule has 0 saturated carbocycles. The zero-order valence-electron chi connectivity index (χ0n) is 15.6. The van der Waals surface area contributed by atoms with E-state index in [1.807, 2.05) is 0 Å². The van der Waals surface area contributed by atoms with Crippen molar-refractivity contribution >= 4 is 0 Å². The zero-order chi connectivity index (χ0) is 21.3. The number of hydrogen-bond acceptors (Lipinski definition) is 3. The molecule has 2 N–H and O–H groups in total. The number of phenolic OH excluding ortho intramolecular Hbond substituents is 2. The zero-order valence-corrected chi connectivity index (χ0v) is 15.6. The van der Waals surface area contributed by atoms with Crippen LogP contribution >= 0.6 is 0 Å². The molecule has 1 heterocycles. The van der Waals surface area contributed by atoms with Gasteiger partial charge in [0, 0.05) is 11.1 Å². The van der Waals surface area contributed by atoms with Crippen LogP contribution in [0.3, 0.4) is 0 Å². The van der Waals surface area contributed by atoms with Gasteiger partial charge in [0.1, 0.15) is 11.5 Å². The molecule has 0 unspecified atom stereocenters. The Labute approximate surface area is 170 Å². The SMILES string of the molecule is Oc1ccc(-c2cc(-c3ccccc3C(F)(F)F)cc(-c3ccccc3O)n2)cc1. The summed E-state index contributed by atoms with van der Waals surface area (Å²) in [6.07, 6.45) is -4.52. The van der Waals surface area contributed by atoms with Crippen LogP contribution in [0.1, 0.15) is 5.56 Å². The molecular formula is C24H16F3NO2. The highest BCUT2D eigenvalue weighted by Gasteiger charge is 2.33. The lowest BCUT2D eigenvalue weighted by Gasteiger charge is -2.15. The average molecular weight is 407 g/mol. The first-order valence-corrected chi connectivity index (χ1v) is 9.09. The van der Waals surface area contributed by atoms with Crippen molar-refractivity contribution in [3.8, 4) is 45.1 Å². The molecule has 6 heteroatoms. The molecule has 0 bridgehead atoms. The maximum Gasteiger partial charge on any atom is 0.417 e. The van der Waals surface area contributed by atoms with Crippen molar-refractivity contribution in [2.24, 2.45) is 0 Å². The van der Waals surface area contributed by atoms with Crippen LogP contribution in [-0.2, 0) is 6.18 Å². The number of hydrogen-bond donors (Lipinski definition) is 2. The molecule has 1 aromatic heterocycles. The number of para-hydroxylation sites is 1. The molecule has 150 valence electrons. The van der Waals surface area contributed by atoms with Crippen LogP contribution < -0.4 is 0 Å². The summed E-state index contributed by atoms with van der Waals surface area (Å²) in [5, 5.41) is 19.8. The second-order valence-electron chi connectivity index (χ2n) is 6.73. The molecule has 0 radical (unpaired) electrons. The molecule has 30 heavy (non-hydrogen) atoms. The lowest BCUT2D eigenvalue weighted by molar-refractivity contribution is -0.137. The number of aromatic hydroxyl groups is 2. The Bertz CT molecular complexity index is 1200. The lowest BCUT2D eigenvalue weighted by Crippen LogP contribution is -2.07. The number of benzene rings is 3. The van der Waals surface area contributed by atoms with Crippen molar-refractivity contribution in [2.45, 2.75) is 6.18 Å². The van der Waals surface area contributed by atoms with Crippen LogP contribution in [0.2, 0.25) is 0 Å². The van der Waals surface area contributed by atoms with E-state index in [1.54, 1.807) is 42.5 Å². The summed E-state index contributed by atoms with van der Waals surface area (Å²) in [6, 6.07) is 21.2. The summed E-state index contributed by atoms with van der Waals surface area (Å²) in [5.74, 6) is 0.0427. The van der Waals surface area contributed by atoms with E-state index >= 15 is 0 Å². The molecular weight excluding hydrogens is 391 g/mol.